The maximum Gasteiger partial charge on any atom is 0.317 e. The first kappa shape index (κ1) is 16.1. The van der Waals surface area contributed by atoms with E-state index in [2.05, 4.69) is 16.6 Å². The van der Waals surface area contributed by atoms with Gasteiger partial charge in [-0.3, -0.25) is 0 Å². The molecule has 1 unspecified atom stereocenters. The third-order valence-corrected chi connectivity index (χ3v) is 6.24. The van der Waals surface area contributed by atoms with E-state index in [4.69, 9.17) is 4.74 Å². The number of fused-ring (bicyclic) bond motifs is 2. The Morgan fingerprint density at radius 3 is 2.86 bits per heavy atom. The minimum atomic E-state index is 0.0332. The Morgan fingerprint density at radius 2 is 2.23 bits per heavy atom. The predicted octanol–water partition coefficient (Wildman–Crippen LogP) is 2.57. The summed E-state index contributed by atoms with van der Waals surface area (Å²) in [6, 6.07) is 0.0332. The highest BCUT2D eigenvalue weighted by molar-refractivity contribution is 7.97. The molecule has 5 nitrogen and oxygen atoms in total. The molecule has 1 aliphatic carbocycles. The van der Waals surface area contributed by atoms with Gasteiger partial charge in [0.15, 0.2) is 0 Å². The molecule has 1 aliphatic heterocycles. The number of thioether (sulfide) groups is 1. The number of nitrogens with one attached hydrogen (secondary N) is 1. The summed E-state index contributed by atoms with van der Waals surface area (Å²) in [7, 11) is 1.79. The van der Waals surface area contributed by atoms with Crippen LogP contribution >= 0.6 is 23.1 Å². The normalized spacial score (nSPS) is 27.2. The molecule has 0 radical (unpaired) electrons. The van der Waals surface area contributed by atoms with Crippen LogP contribution in [0, 0.1) is 11.8 Å². The number of thiazole rings is 1. The number of nitrogens with zero attached hydrogens (tertiary/aromatic N) is 2. The van der Waals surface area contributed by atoms with Crippen LogP contribution in [-0.4, -0.2) is 48.5 Å². The Kier molecular flexibility index (Phi) is 5.25. The van der Waals surface area contributed by atoms with Crippen LogP contribution in [0.3, 0.4) is 0 Å². The monoisotopic (exact) mass is 341 g/mol. The molecule has 2 amide bonds. The van der Waals surface area contributed by atoms with Gasteiger partial charge in [0.05, 0.1) is 18.3 Å². The summed E-state index contributed by atoms with van der Waals surface area (Å²) in [4.78, 5) is 18.8. The average Bonchev–Trinajstić information content (AvgIpc) is 3.06. The van der Waals surface area contributed by atoms with Gasteiger partial charge in [-0.15, -0.1) is 11.3 Å². The highest BCUT2D eigenvalue weighted by atomic mass is 32.2. The van der Waals surface area contributed by atoms with Crippen LogP contribution in [0.4, 0.5) is 4.79 Å². The van der Waals surface area contributed by atoms with Crippen molar-refractivity contribution in [2.45, 2.75) is 31.2 Å². The third kappa shape index (κ3) is 3.41. The van der Waals surface area contributed by atoms with E-state index in [1.54, 1.807) is 30.2 Å². The van der Waals surface area contributed by atoms with Crippen molar-refractivity contribution in [2.75, 3.05) is 26.5 Å². The Hall–Kier alpha value is -0.790. The smallest absolute Gasteiger partial charge is 0.317 e. The van der Waals surface area contributed by atoms with E-state index in [1.807, 2.05) is 10.3 Å². The van der Waals surface area contributed by atoms with Gasteiger partial charge in [0.25, 0.3) is 0 Å². The van der Waals surface area contributed by atoms with Crippen LogP contribution < -0.4 is 5.32 Å². The van der Waals surface area contributed by atoms with E-state index in [9.17, 15) is 4.79 Å². The average molecular weight is 342 g/mol. The Labute approximate surface area is 139 Å². The summed E-state index contributed by atoms with van der Waals surface area (Å²) in [6.45, 7) is 2.15. The number of carbonyl (C=O) groups is 1. The molecular weight excluding hydrogens is 318 g/mol. The molecule has 1 aromatic heterocycles. The number of amides is 2. The SMILES string of the molecule is COC1[C@@H]2CC[C@H]1CN(C(=O)NCc1csc(CSC)n1)C2. The van der Waals surface area contributed by atoms with Crippen LogP contribution in [0.1, 0.15) is 23.5 Å². The quantitative estimate of drug-likeness (QED) is 0.894. The predicted molar refractivity (Wildman–Crippen MR) is 90.2 cm³/mol. The lowest BCUT2D eigenvalue weighted by molar-refractivity contribution is -0.00510. The minimum Gasteiger partial charge on any atom is -0.381 e. The van der Waals surface area contributed by atoms with E-state index in [1.165, 1.54) is 12.8 Å². The molecule has 0 aromatic carbocycles. The van der Waals surface area contributed by atoms with Crippen LogP contribution in [0.25, 0.3) is 0 Å². The minimum absolute atomic E-state index is 0.0332. The number of aromatic nitrogens is 1. The highest BCUT2D eigenvalue weighted by Gasteiger charge is 2.43. The molecule has 1 N–H and O–H groups in total. The lowest BCUT2D eigenvalue weighted by Crippen LogP contribution is -2.51. The number of rotatable bonds is 5. The standard InChI is InChI=1S/C15H23N3O2S2/c1-20-14-10-3-4-11(14)7-18(6-10)15(19)16-5-12-8-22-13(17-12)9-21-2/h8,10-11,14H,3-7,9H2,1-2H3,(H,16,19)/t10-,11+,14?. The van der Waals surface area contributed by atoms with E-state index < -0.39 is 0 Å². The molecule has 3 rings (SSSR count). The number of methoxy groups -OCH3 is 1. The van der Waals surface area contributed by atoms with Crippen molar-refractivity contribution in [3.8, 4) is 0 Å². The number of piperidine rings is 1. The van der Waals surface area contributed by atoms with Gasteiger partial charge in [-0.2, -0.15) is 11.8 Å². The maximum atomic E-state index is 12.4. The highest BCUT2D eigenvalue weighted by Crippen LogP contribution is 2.38. The van der Waals surface area contributed by atoms with Gasteiger partial charge in [0.1, 0.15) is 5.01 Å². The summed E-state index contributed by atoms with van der Waals surface area (Å²) >= 11 is 3.43. The van der Waals surface area contributed by atoms with Crippen molar-refractivity contribution in [3.05, 3.63) is 16.1 Å². The summed E-state index contributed by atoms with van der Waals surface area (Å²) < 4.78 is 5.59. The Bertz CT molecular complexity index is 509. The molecule has 1 saturated carbocycles. The van der Waals surface area contributed by atoms with Crippen molar-refractivity contribution in [1.29, 1.82) is 0 Å². The first-order chi connectivity index (χ1) is 10.7. The molecule has 122 valence electrons. The first-order valence-electron chi connectivity index (χ1n) is 7.69. The zero-order chi connectivity index (χ0) is 15.5. The number of hydrogen-bond donors (Lipinski definition) is 1. The second kappa shape index (κ2) is 7.19. The van der Waals surface area contributed by atoms with E-state index in [0.29, 0.717) is 24.5 Å². The first-order valence-corrected chi connectivity index (χ1v) is 9.96. The van der Waals surface area contributed by atoms with Crippen LogP contribution in [0.5, 0.6) is 0 Å². The number of carbonyl (C=O) groups excluding carboxylic acids is 1. The van der Waals surface area contributed by atoms with Crippen LogP contribution in [-0.2, 0) is 17.0 Å². The van der Waals surface area contributed by atoms with Gasteiger partial charge in [-0.25, -0.2) is 9.78 Å². The fourth-order valence-electron chi connectivity index (χ4n) is 3.62. The summed E-state index contributed by atoms with van der Waals surface area (Å²) in [5, 5.41) is 6.16. The summed E-state index contributed by atoms with van der Waals surface area (Å²) in [5.74, 6) is 1.94. The van der Waals surface area contributed by atoms with Crippen molar-refractivity contribution in [2.24, 2.45) is 11.8 Å². The molecule has 7 heteroatoms. The van der Waals surface area contributed by atoms with Gasteiger partial charge >= 0.3 is 6.03 Å². The van der Waals surface area contributed by atoms with Gasteiger partial charge in [0, 0.05) is 43.2 Å². The molecular formula is C15H23N3O2S2. The fourth-order valence-corrected chi connectivity index (χ4v) is 5.14. The molecule has 3 atom stereocenters. The topological polar surface area (TPSA) is 54.5 Å². The largest absolute Gasteiger partial charge is 0.381 e. The second-order valence-corrected chi connectivity index (χ2v) is 7.84. The van der Waals surface area contributed by atoms with Gasteiger partial charge in [-0.05, 0) is 19.1 Å². The fraction of sp³-hybridized carbons (Fsp3) is 0.733. The molecule has 1 saturated heterocycles. The zero-order valence-electron chi connectivity index (χ0n) is 13.1. The second-order valence-electron chi connectivity index (χ2n) is 6.03. The molecule has 1 aromatic rings. The van der Waals surface area contributed by atoms with Gasteiger partial charge < -0.3 is 15.0 Å². The van der Waals surface area contributed by atoms with Crippen molar-refractivity contribution >= 4 is 29.1 Å². The third-order valence-electron chi connectivity index (χ3n) is 4.59. The molecule has 2 heterocycles. The van der Waals surface area contributed by atoms with Crippen molar-refractivity contribution in [1.82, 2.24) is 15.2 Å². The number of likely N-dealkylation sites (tertiary alicyclic amines) is 1. The number of hydrogen-bond acceptors (Lipinski definition) is 5. The lowest BCUT2D eigenvalue weighted by Gasteiger charge is -2.37. The Balaban J connectivity index is 1.50. The van der Waals surface area contributed by atoms with E-state index in [0.717, 1.165) is 29.5 Å². The molecule has 0 spiro atoms. The maximum absolute atomic E-state index is 12.4. The number of urea groups is 1. The number of ether oxygens (including phenoxy) is 1. The van der Waals surface area contributed by atoms with Gasteiger partial charge in [0.2, 0.25) is 0 Å². The molecule has 2 fully saturated rings. The van der Waals surface area contributed by atoms with Crippen LogP contribution in [0.2, 0.25) is 0 Å². The Morgan fingerprint density at radius 1 is 1.50 bits per heavy atom. The van der Waals surface area contributed by atoms with Crippen molar-refractivity contribution in [3.63, 3.8) is 0 Å². The lowest BCUT2D eigenvalue weighted by atomic mass is 9.95. The van der Waals surface area contributed by atoms with E-state index in [-0.39, 0.29) is 6.03 Å². The molecule has 2 aliphatic rings. The van der Waals surface area contributed by atoms with Gasteiger partial charge in [-0.1, -0.05) is 0 Å². The van der Waals surface area contributed by atoms with Crippen molar-refractivity contribution < 1.29 is 9.53 Å². The molecule has 2 bridgehead atoms. The van der Waals surface area contributed by atoms with E-state index >= 15 is 0 Å². The molecule has 22 heavy (non-hydrogen) atoms. The van der Waals surface area contributed by atoms with Crippen LogP contribution in [0.15, 0.2) is 5.38 Å². The zero-order valence-corrected chi connectivity index (χ0v) is 14.7. The summed E-state index contributed by atoms with van der Waals surface area (Å²) in [5.41, 5.74) is 0.956. The summed E-state index contributed by atoms with van der Waals surface area (Å²) in [6.07, 6.45) is 4.77.